The maximum atomic E-state index is 14.4. The van der Waals surface area contributed by atoms with E-state index in [-0.39, 0.29) is 5.82 Å². The minimum Gasteiger partial charge on any atom is -0.486 e. The molecule has 0 saturated heterocycles. The fourth-order valence-corrected chi connectivity index (χ4v) is 6.27. The van der Waals surface area contributed by atoms with E-state index in [0.717, 1.165) is 42.4 Å². The lowest BCUT2D eigenvalue weighted by Gasteiger charge is -2.45. The Hall–Kier alpha value is -1.31. The molecule has 0 spiro atoms. The summed E-state index contributed by atoms with van der Waals surface area (Å²) < 4.78 is 19.9. The molecule has 5 unspecified atom stereocenters. The highest BCUT2D eigenvalue weighted by Gasteiger charge is 2.38. The number of ether oxygens (including phenoxy) is 1. The zero-order chi connectivity index (χ0) is 18.8. The Morgan fingerprint density at radius 3 is 2.52 bits per heavy atom. The number of rotatable bonds is 5. The first kappa shape index (κ1) is 19.0. The maximum Gasteiger partial charge on any atom is 0.165 e. The second kappa shape index (κ2) is 8.37. The van der Waals surface area contributed by atoms with Gasteiger partial charge in [0.2, 0.25) is 0 Å². The Morgan fingerprint density at radius 1 is 1.00 bits per heavy atom. The molecule has 0 N–H and O–H groups in total. The molecule has 2 fully saturated rings. The van der Waals surface area contributed by atoms with Crippen LogP contribution in [0.4, 0.5) is 4.39 Å². The van der Waals surface area contributed by atoms with E-state index >= 15 is 0 Å². The predicted molar refractivity (Wildman–Crippen MR) is 110 cm³/mol. The van der Waals surface area contributed by atoms with E-state index < -0.39 is 0 Å². The van der Waals surface area contributed by atoms with Crippen LogP contribution in [0.3, 0.4) is 0 Å². The first-order valence-corrected chi connectivity index (χ1v) is 11.2. The summed E-state index contributed by atoms with van der Waals surface area (Å²) in [5.74, 6) is 4.75. The SMILES string of the molecule is C=CCOc1cc2c(cc1F)CC(C1CCC3CC(CC)CCC3C1)CC2. The van der Waals surface area contributed by atoms with Crippen LogP contribution in [0.1, 0.15) is 69.4 Å². The fourth-order valence-electron chi connectivity index (χ4n) is 6.27. The van der Waals surface area contributed by atoms with Crippen molar-refractivity contribution < 1.29 is 9.13 Å². The first-order chi connectivity index (χ1) is 13.2. The summed E-state index contributed by atoms with van der Waals surface area (Å²) in [6, 6.07) is 3.69. The molecule has 4 rings (SSSR count). The molecule has 27 heavy (non-hydrogen) atoms. The Kier molecular flexibility index (Phi) is 5.90. The minimum atomic E-state index is -0.210. The molecular weight excluding hydrogens is 335 g/mol. The van der Waals surface area contributed by atoms with Crippen molar-refractivity contribution in [2.24, 2.45) is 29.6 Å². The van der Waals surface area contributed by atoms with Crippen LogP contribution in [-0.4, -0.2) is 6.61 Å². The van der Waals surface area contributed by atoms with Crippen LogP contribution in [0.15, 0.2) is 24.8 Å². The molecular formula is C25H35FO. The van der Waals surface area contributed by atoms with Gasteiger partial charge in [-0.1, -0.05) is 32.4 Å². The van der Waals surface area contributed by atoms with Crippen molar-refractivity contribution in [2.75, 3.05) is 6.61 Å². The summed E-state index contributed by atoms with van der Waals surface area (Å²) in [5, 5.41) is 0. The molecule has 148 valence electrons. The lowest BCUT2D eigenvalue weighted by molar-refractivity contribution is 0.0708. The van der Waals surface area contributed by atoms with Gasteiger partial charge in [-0.25, -0.2) is 4.39 Å². The van der Waals surface area contributed by atoms with Gasteiger partial charge in [-0.3, -0.25) is 0 Å². The van der Waals surface area contributed by atoms with Crippen molar-refractivity contribution in [1.29, 1.82) is 0 Å². The Bertz CT molecular complexity index is 667. The van der Waals surface area contributed by atoms with Gasteiger partial charge in [0.15, 0.2) is 11.6 Å². The molecule has 0 aliphatic heterocycles. The molecule has 1 nitrogen and oxygen atoms in total. The predicted octanol–water partition coefficient (Wildman–Crippen LogP) is 6.74. The van der Waals surface area contributed by atoms with Crippen molar-refractivity contribution in [3.63, 3.8) is 0 Å². The largest absolute Gasteiger partial charge is 0.486 e. The molecule has 2 heteroatoms. The van der Waals surface area contributed by atoms with Crippen LogP contribution >= 0.6 is 0 Å². The summed E-state index contributed by atoms with van der Waals surface area (Å²) in [6.45, 7) is 6.37. The van der Waals surface area contributed by atoms with Crippen molar-refractivity contribution in [3.8, 4) is 5.75 Å². The van der Waals surface area contributed by atoms with Crippen LogP contribution < -0.4 is 4.74 Å². The Labute approximate surface area is 164 Å². The standard InChI is InChI=1S/C25H35FO/c1-3-11-27-25-16-22-10-9-21(14-23(22)15-24(25)26)20-8-7-18-12-17(4-2)5-6-19(18)13-20/h3,15-21H,1,4-14H2,2H3. The monoisotopic (exact) mass is 370 g/mol. The average molecular weight is 371 g/mol. The van der Waals surface area contributed by atoms with E-state index in [0.29, 0.717) is 12.4 Å². The number of aryl methyl sites for hydroxylation is 1. The zero-order valence-electron chi connectivity index (χ0n) is 16.9. The molecule has 3 aliphatic rings. The topological polar surface area (TPSA) is 9.23 Å². The first-order valence-electron chi connectivity index (χ1n) is 11.2. The van der Waals surface area contributed by atoms with Gasteiger partial charge in [-0.2, -0.15) is 0 Å². The highest BCUT2D eigenvalue weighted by Crippen LogP contribution is 2.49. The Balaban J connectivity index is 1.40. The molecule has 0 amide bonds. The molecule has 2 saturated carbocycles. The quantitative estimate of drug-likeness (QED) is 0.522. The lowest BCUT2D eigenvalue weighted by atomic mass is 9.61. The second-order valence-corrected chi connectivity index (χ2v) is 9.33. The van der Waals surface area contributed by atoms with Gasteiger partial charge >= 0.3 is 0 Å². The molecule has 3 aliphatic carbocycles. The molecule has 0 heterocycles. The van der Waals surface area contributed by atoms with E-state index in [1.54, 1.807) is 12.1 Å². The van der Waals surface area contributed by atoms with E-state index in [4.69, 9.17) is 4.74 Å². The summed E-state index contributed by atoms with van der Waals surface area (Å²) in [4.78, 5) is 0. The normalized spacial score (nSPS) is 33.0. The minimum absolute atomic E-state index is 0.210. The van der Waals surface area contributed by atoms with Crippen molar-refractivity contribution in [3.05, 3.63) is 41.7 Å². The van der Waals surface area contributed by atoms with Crippen molar-refractivity contribution in [2.45, 2.75) is 71.1 Å². The Morgan fingerprint density at radius 2 is 1.74 bits per heavy atom. The van der Waals surface area contributed by atoms with Crippen LogP contribution in [0.2, 0.25) is 0 Å². The number of fused-ring (bicyclic) bond motifs is 2. The fraction of sp³-hybridized carbons (Fsp3) is 0.680. The van der Waals surface area contributed by atoms with Gasteiger partial charge < -0.3 is 4.74 Å². The highest BCUT2D eigenvalue weighted by atomic mass is 19.1. The van der Waals surface area contributed by atoms with Gasteiger partial charge in [0.1, 0.15) is 6.61 Å². The highest BCUT2D eigenvalue weighted by molar-refractivity contribution is 5.39. The second-order valence-electron chi connectivity index (χ2n) is 9.33. The molecule has 5 atom stereocenters. The summed E-state index contributed by atoms with van der Waals surface area (Å²) in [5.41, 5.74) is 2.52. The van der Waals surface area contributed by atoms with E-state index in [1.807, 2.05) is 6.07 Å². The molecule has 1 aromatic rings. The van der Waals surface area contributed by atoms with Crippen molar-refractivity contribution in [1.82, 2.24) is 0 Å². The number of halogens is 1. The number of benzene rings is 1. The average Bonchev–Trinajstić information content (AvgIpc) is 2.71. The van der Waals surface area contributed by atoms with Crippen LogP contribution in [0.5, 0.6) is 5.75 Å². The third kappa shape index (κ3) is 4.10. The van der Waals surface area contributed by atoms with Gasteiger partial charge in [0, 0.05) is 0 Å². The molecule has 0 aromatic heterocycles. The van der Waals surface area contributed by atoms with Crippen molar-refractivity contribution >= 4 is 0 Å². The number of hydrogen-bond acceptors (Lipinski definition) is 1. The zero-order valence-corrected chi connectivity index (χ0v) is 16.9. The smallest absolute Gasteiger partial charge is 0.165 e. The third-order valence-corrected chi connectivity index (χ3v) is 7.88. The van der Waals surface area contributed by atoms with Gasteiger partial charge in [0.25, 0.3) is 0 Å². The molecule has 0 bridgehead atoms. The lowest BCUT2D eigenvalue weighted by Crippen LogP contribution is -2.35. The van der Waals surface area contributed by atoms with Crippen LogP contribution in [-0.2, 0) is 12.8 Å². The van der Waals surface area contributed by atoms with Gasteiger partial charge in [-0.15, -0.1) is 0 Å². The maximum absolute atomic E-state index is 14.4. The molecule has 0 radical (unpaired) electrons. The van der Waals surface area contributed by atoms with Gasteiger partial charge in [0.05, 0.1) is 0 Å². The van der Waals surface area contributed by atoms with Crippen LogP contribution in [0.25, 0.3) is 0 Å². The van der Waals surface area contributed by atoms with E-state index in [1.165, 1.54) is 62.5 Å². The summed E-state index contributed by atoms with van der Waals surface area (Å²) >= 11 is 0. The van der Waals surface area contributed by atoms with E-state index in [9.17, 15) is 4.39 Å². The van der Waals surface area contributed by atoms with Crippen LogP contribution in [0, 0.1) is 35.4 Å². The summed E-state index contributed by atoms with van der Waals surface area (Å²) in [6.07, 6.45) is 15.1. The molecule has 1 aromatic carbocycles. The third-order valence-electron chi connectivity index (χ3n) is 7.88. The summed E-state index contributed by atoms with van der Waals surface area (Å²) in [7, 11) is 0. The van der Waals surface area contributed by atoms with E-state index in [2.05, 4.69) is 13.5 Å². The number of hydrogen-bond donors (Lipinski definition) is 0. The van der Waals surface area contributed by atoms with Gasteiger partial charge in [-0.05, 0) is 104 Å².